The smallest absolute Gasteiger partial charge is 0.0781 e. The molecule has 2 unspecified atom stereocenters. The second-order valence-corrected chi connectivity index (χ2v) is 4.45. The van der Waals surface area contributed by atoms with Gasteiger partial charge in [0.15, 0.2) is 0 Å². The normalized spacial score (nSPS) is 22.8. The molecule has 88 valence electrons. The molecule has 1 aliphatic heterocycles. The van der Waals surface area contributed by atoms with Crippen LogP contribution in [0.3, 0.4) is 0 Å². The predicted molar refractivity (Wildman–Crippen MR) is 66.6 cm³/mol. The highest BCUT2D eigenvalue weighted by atomic mass is 16.3. The average Bonchev–Trinajstić information content (AvgIpc) is 2.31. The number of aliphatic hydroxyl groups excluding tert-OH is 1. The zero-order chi connectivity index (χ0) is 11.4. The van der Waals surface area contributed by atoms with E-state index in [9.17, 15) is 5.11 Å². The molecule has 1 heterocycles. The largest absolute Gasteiger partial charge is 0.389 e. The van der Waals surface area contributed by atoms with Gasteiger partial charge < -0.3 is 15.7 Å². The highest BCUT2D eigenvalue weighted by Gasteiger charge is 2.14. The lowest BCUT2D eigenvalue weighted by molar-refractivity contribution is 0.200. The van der Waals surface area contributed by atoms with Gasteiger partial charge in [0.1, 0.15) is 0 Å². The molecule has 3 N–H and O–H groups in total. The van der Waals surface area contributed by atoms with Crippen LogP contribution in [-0.2, 0) is 0 Å². The van der Waals surface area contributed by atoms with Crippen molar-refractivity contribution in [3.05, 3.63) is 29.8 Å². The van der Waals surface area contributed by atoms with E-state index in [0.717, 1.165) is 24.3 Å². The Bertz CT molecular complexity index is 332. The van der Waals surface area contributed by atoms with Gasteiger partial charge in [-0.25, -0.2) is 0 Å². The summed E-state index contributed by atoms with van der Waals surface area (Å²) in [5.74, 6) is 0. The molecule has 0 amide bonds. The quantitative estimate of drug-likeness (QED) is 0.729. The summed E-state index contributed by atoms with van der Waals surface area (Å²) in [6.07, 6.45) is 2.00. The summed E-state index contributed by atoms with van der Waals surface area (Å²) in [5.41, 5.74) is 2.04. The summed E-state index contributed by atoms with van der Waals surface area (Å²) in [4.78, 5) is 0. The van der Waals surface area contributed by atoms with Gasteiger partial charge in [-0.2, -0.15) is 0 Å². The van der Waals surface area contributed by atoms with Crippen LogP contribution in [0.15, 0.2) is 24.3 Å². The molecule has 0 radical (unpaired) electrons. The fraction of sp³-hybridized carbons (Fsp3) is 0.538. The van der Waals surface area contributed by atoms with Crippen molar-refractivity contribution in [1.82, 2.24) is 5.32 Å². The first-order chi connectivity index (χ1) is 7.77. The Morgan fingerprint density at radius 2 is 2.25 bits per heavy atom. The Hall–Kier alpha value is -1.06. The molecule has 1 aromatic rings. The molecule has 0 spiro atoms. The molecule has 1 fully saturated rings. The molecular formula is C13H20N2O. The third-order valence-corrected chi connectivity index (χ3v) is 3.07. The molecular weight excluding hydrogens is 200 g/mol. The predicted octanol–water partition coefficient (Wildman–Crippen LogP) is 1.90. The van der Waals surface area contributed by atoms with E-state index < -0.39 is 6.10 Å². The topological polar surface area (TPSA) is 44.3 Å². The summed E-state index contributed by atoms with van der Waals surface area (Å²) >= 11 is 0. The maximum absolute atomic E-state index is 9.68. The molecule has 1 aliphatic rings. The zero-order valence-electron chi connectivity index (χ0n) is 9.74. The molecule has 3 nitrogen and oxygen atoms in total. The number of nitrogens with one attached hydrogen (secondary N) is 2. The maximum atomic E-state index is 9.68. The third kappa shape index (κ3) is 2.74. The van der Waals surface area contributed by atoms with Crippen molar-refractivity contribution in [3.8, 4) is 0 Å². The van der Waals surface area contributed by atoms with E-state index in [1.54, 1.807) is 6.92 Å². The monoisotopic (exact) mass is 220 g/mol. The number of hydrogen-bond acceptors (Lipinski definition) is 3. The van der Waals surface area contributed by atoms with Gasteiger partial charge in [-0.05, 0) is 32.4 Å². The molecule has 2 atom stereocenters. The third-order valence-electron chi connectivity index (χ3n) is 3.07. The summed E-state index contributed by atoms with van der Waals surface area (Å²) in [6.45, 7) is 3.93. The Kier molecular flexibility index (Phi) is 3.80. The molecule has 0 aliphatic carbocycles. The van der Waals surface area contributed by atoms with Crippen LogP contribution in [0.5, 0.6) is 0 Å². The number of para-hydroxylation sites is 1. The summed E-state index contributed by atoms with van der Waals surface area (Å²) in [6, 6.07) is 8.46. The lowest BCUT2D eigenvalue weighted by Gasteiger charge is -2.26. The minimum absolute atomic E-state index is 0.416. The molecule has 2 rings (SSSR count). The average molecular weight is 220 g/mol. The van der Waals surface area contributed by atoms with Gasteiger partial charge in [0.2, 0.25) is 0 Å². The molecule has 16 heavy (non-hydrogen) atoms. The van der Waals surface area contributed by atoms with Gasteiger partial charge >= 0.3 is 0 Å². The highest BCUT2D eigenvalue weighted by Crippen LogP contribution is 2.23. The van der Waals surface area contributed by atoms with Gasteiger partial charge in [0, 0.05) is 23.8 Å². The zero-order valence-corrected chi connectivity index (χ0v) is 9.74. The van der Waals surface area contributed by atoms with Crippen LogP contribution >= 0.6 is 0 Å². The number of aliphatic hydroxyl groups is 1. The highest BCUT2D eigenvalue weighted by molar-refractivity contribution is 5.52. The van der Waals surface area contributed by atoms with E-state index in [2.05, 4.69) is 10.6 Å². The SMILES string of the molecule is CC(O)c1ccccc1NC1CCCNC1. The van der Waals surface area contributed by atoms with E-state index in [1.807, 2.05) is 24.3 Å². The minimum Gasteiger partial charge on any atom is -0.389 e. The first-order valence-corrected chi connectivity index (χ1v) is 6.01. The summed E-state index contributed by atoms with van der Waals surface area (Å²) in [7, 11) is 0. The van der Waals surface area contributed by atoms with Crippen LogP contribution in [0.2, 0.25) is 0 Å². The Morgan fingerprint density at radius 1 is 1.44 bits per heavy atom. The number of hydrogen-bond donors (Lipinski definition) is 3. The molecule has 1 aromatic carbocycles. The van der Waals surface area contributed by atoms with E-state index in [1.165, 1.54) is 12.8 Å². The van der Waals surface area contributed by atoms with E-state index in [0.29, 0.717) is 6.04 Å². The first kappa shape index (κ1) is 11.4. The maximum Gasteiger partial charge on any atom is 0.0781 e. The number of piperidine rings is 1. The number of benzene rings is 1. The molecule has 0 saturated carbocycles. The van der Waals surface area contributed by atoms with Gasteiger partial charge in [-0.3, -0.25) is 0 Å². The number of anilines is 1. The Morgan fingerprint density at radius 3 is 2.94 bits per heavy atom. The fourth-order valence-corrected chi connectivity index (χ4v) is 2.19. The first-order valence-electron chi connectivity index (χ1n) is 6.01. The van der Waals surface area contributed by atoms with Crippen molar-refractivity contribution in [2.75, 3.05) is 18.4 Å². The van der Waals surface area contributed by atoms with Crippen molar-refractivity contribution >= 4 is 5.69 Å². The molecule has 0 aromatic heterocycles. The molecule has 0 bridgehead atoms. The van der Waals surface area contributed by atoms with Gasteiger partial charge in [0.05, 0.1) is 6.10 Å². The van der Waals surface area contributed by atoms with Crippen molar-refractivity contribution in [3.63, 3.8) is 0 Å². The molecule has 1 saturated heterocycles. The van der Waals surface area contributed by atoms with Crippen LogP contribution in [0, 0.1) is 0 Å². The standard InChI is InChI=1S/C13H20N2O/c1-10(16)12-6-2-3-7-13(12)15-11-5-4-8-14-9-11/h2-3,6-7,10-11,14-16H,4-5,8-9H2,1H3. The fourth-order valence-electron chi connectivity index (χ4n) is 2.19. The van der Waals surface area contributed by atoms with E-state index >= 15 is 0 Å². The van der Waals surface area contributed by atoms with Gasteiger partial charge in [-0.15, -0.1) is 0 Å². The van der Waals surface area contributed by atoms with Crippen LogP contribution in [0.4, 0.5) is 5.69 Å². The van der Waals surface area contributed by atoms with Crippen LogP contribution in [0.1, 0.15) is 31.4 Å². The Labute approximate surface area is 96.9 Å². The van der Waals surface area contributed by atoms with Gasteiger partial charge in [-0.1, -0.05) is 18.2 Å². The second-order valence-electron chi connectivity index (χ2n) is 4.45. The van der Waals surface area contributed by atoms with Crippen LogP contribution in [-0.4, -0.2) is 24.2 Å². The lowest BCUT2D eigenvalue weighted by Crippen LogP contribution is -2.38. The van der Waals surface area contributed by atoms with Crippen molar-refractivity contribution in [1.29, 1.82) is 0 Å². The Balaban J connectivity index is 2.07. The number of rotatable bonds is 3. The van der Waals surface area contributed by atoms with Crippen molar-refractivity contribution < 1.29 is 5.11 Å². The van der Waals surface area contributed by atoms with Gasteiger partial charge in [0.25, 0.3) is 0 Å². The minimum atomic E-state index is -0.416. The summed E-state index contributed by atoms with van der Waals surface area (Å²) in [5, 5.41) is 16.6. The van der Waals surface area contributed by atoms with Crippen molar-refractivity contribution in [2.24, 2.45) is 0 Å². The lowest BCUT2D eigenvalue weighted by atomic mass is 10.0. The van der Waals surface area contributed by atoms with Crippen molar-refractivity contribution in [2.45, 2.75) is 31.9 Å². The summed E-state index contributed by atoms with van der Waals surface area (Å²) < 4.78 is 0. The van der Waals surface area contributed by atoms with Crippen LogP contribution in [0.25, 0.3) is 0 Å². The molecule has 3 heteroatoms. The second kappa shape index (κ2) is 5.32. The van der Waals surface area contributed by atoms with E-state index in [-0.39, 0.29) is 0 Å². The van der Waals surface area contributed by atoms with Crippen LogP contribution < -0.4 is 10.6 Å². The van der Waals surface area contributed by atoms with E-state index in [4.69, 9.17) is 0 Å².